The third-order valence-electron chi connectivity index (χ3n) is 2.71. The molecule has 1 aromatic carbocycles. The number of aromatic nitrogens is 2. The molecule has 0 aliphatic heterocycles. The molecule has 20 heavy (non-hydrogen) atoms. The first-order chi connectivity index (χ1) is 9.47. The average molecular weight is 434 g/mol. The topological polar surface area (TPSA) is 28.7 Å². The average Bonchev–Trinajstić information content (AvgIpc) is 2.41. The van der Waals surface area contributed by atoms with Gasteiger partial charge in [-0.2, -0.15) is 0 Å². The second kappa shape index (κ2) is 7.20. The van der Waals surface area contributed by atoms with E-state index in [1.54, 1.807) is 11.8 Å². The Bertz CT molecular complexity index is 651. The third kappa shape index (κ3) is 4.16. The molecule has 1 heterocycles. The van der Waals surface area contributed by atoms with Gasteiger partial charge in [0.25, 0.3) is 0 Å². The number of benzene rings is 1. The number of nitrogens with one attached hydrogen (secondary N) is 1. The van der Waals surface area contributed by atoms with Crippen LogP contribution >= 0.6 is 55.8 Å². The molecule has 0 radical (unpaired) electrons. The summed E-state index contributed by atoms with van der Waals surface area (Å²) in [5.74, 6) is 2.07. The van der Waals surface area contributed by atoms with Crippen molar-refractivity contribution in [3.8, 4) is 0 Å². The molecule has 2 aromatic rings. The second-order valence-electron chi connectivity index (χ2n) is 4.61. The molecule has 0 spiro atoms. The lowest BCUT2D eigenvalue weighted by molar-refractivity contribution is 0.788. The Labute approximate surface area is 145 Å². The molecule has 1 N–H and O–H groups in total. The molecule has 0 saturated heterocycles. The van der Waals surface area contributed by atoms with Crippen LogP contribution in [0.2, 0.25) is 0 Å². The van der Waals surface area contributed by atoms with Crippen LogP contribution < -0.4 is 0 Å². The Morgan fingerprint density at radius 2 is 1.90 bits per heavy atom. The first-order valence-corrected chi connectivity index (χ1v) is 9.12. The summed E-state index contributed by atoms with van der Waals surface area (Å²) in [6.07, 6.45) is 0. The number of H-pyrrole nitrogens is 1. The highest BCUT2D eigenvalue weighted by Crippen LogP contribution is 2.26. The van der Waals surface area contributed by atoms with Gasteiger partial charge in [-0.3, -0.25) is 0 Å². The monoisotopic (exact) mass is 432 g/mol. The van der Waals surface area contributed by atoms with Gasteiger partial charge >= 0.3 is 0 Å². The van der Waals surface area contributed by atoms with E-state index in [1.165, 1.54) is 4.90 Å². The van der Waals surface area contributed by atoms with Gasteiger partial charge in [-0.25, -0.2) is 4.98 Å². The fourth-order valence-corrected chi connectivity index (χ4v) is 3.57. The van der Waals surface area contributed by atoms with Crippen molar-refractivity contribution < 1.29 is 0 Å². The van der Waals surface area contributed by atoms with Crippen LogP contribution in [0.3, 0.4) is 0 Å². The summed E-state index contributed by atoms with van der Waals surface area (Å²) in [5.41, 5.74) is 1.11. The highest BCUT2D eigenvalue weighted by atomic mass is 79.9. The lowest BCUT2D eigenvalue weighted by Crippen LogP contribution is -2.02. The Hall–Kier alpha value is -0.170. The van der Waals surface area contributed by atoms with Crippen LogP contribution in [0, 0.1) is 4.64 Å². The van der Waals surface area contributed by atoms with Gasteiger partial charge in [-0.05, 0) is 46.1 Å². The molecule has 6 heteroatoms. The van der Waals surface area contributed by atoms with Crippen LogP contribution in [-0.4, -0.2) is 9.97 Å². The second-order valence-corrected chi connectivity index (χ2v) is 7.76. The quantitative estimate of drug-likeness (QED) is 0.467. The maximum atomic E-state index is 5.30. The Morgan fingerprint density at radius 1 is 1.25 bits per heavy atom. The molecule has 0 saturated carbocycles. The first kappa shape index (κ1) is 16.2. The first-order valence-electron chi connectivity index (χ1n) is 6.14. The SMILES string of the molecule is CC(C)c1[nH]c(CSc2ccc(Br)cc2)nc(=S)c1Br. The van der Waals surface area contributed by atoms with Gasteiger partial charge in [-0.15, -0.1) is 11.8 Å². The molecule has 0 bridgehead atoms. The summed E-state index contributed by atoms with van der Waals surface area (Å²) in [6.45, 7) is 4.27. The molecule has 2 nitrogen and oxygen atoms in total. The van der Waals surface area contributed by atoms with E-state index >= 15 is 0 Å². The van der Waals surface area contributed by atoms with E-state index in [1.807, 2.05) is 12.1 Å². The molecule has 0 aliphatic carbocycles. The van der Waals surface area contributed by atoms with Crippen LogP contribution in [0.5, 0.6) is 0 Å². The molecule has 0 aliphatic rings. The number of aromatic amines is 1. The normalized spacial score (nSPS) is 11.1. The summed E-state index contributed by atoms with van der Waals surface area (Å²) < 4.78 is 2.61. The van der Waals surface area contributed by atoms with Crippen LogP contribution in [-0.2, 0) is 5.75 Å². The lowest BCUT2D eigenvalue weighted by atomic mass is 10.1. The lowest BCUT2D eigenvalue weighted by Gasteiger charge is -2.11. The highest BCUT2D eigenvalue weighted by Gasteiger charge is 2.10. The van der Waals surface area contributed by atoms with E-state index in [0.29, 0.717) is 10.6 Å². The number of hydrogen-bond donors (Lipinski definition) is 1. The van der Waals surface area contributed by atoms with E-state index < -0.39 is 0 Å². The van der Waals surface area contributed by atoms with E-state index in [2.05, 4.69) is 67.8 Å². The van der Waals surface area contributed by atoms with Crippen molar-refractivity contribution in [1.29, 1.82) is 0 Å². The Morgan fingerprint density at radius 3 is 2.50 bits per heavy atom. The smallest absolute Gasteiger partial charge is 0.144 e. The van der Waals surface area contributed by atoms with Crippen LogP contribution in [0.15, 0.2) is 38.1 Å². The molecule has 0 unspecified atom stereocenters. The molecule has 0 amide bonds. The molecule has 2 rings (SSSR count). The van der Waals surface area contributed by atoms with Crippen molar-refractivity contribution in [2.45, 2.75) is 30.4 Å². The summed E-state index contributed by atoms with van der Waals surface area (Å²) in [6, 6.07) is 8.26. The molecule has 1 aromatic heterocycles. The van der Waals surface area contributed by atoms with Gasteiger partial charge < -0.3 is 4.98 Å². The number of halogens is 2. The molecule has 106 valence electrons. The van der Waals surface area contributed by atoms with E-state index in [4.69, 9.17) is 12.2 Å². The zero-order valence-corrected chi connectivity index (χ0v) is 15.9. The standard InChI is InChI=1S/C14H14Br2N2S2/c1-8(2)13-12(16)14(19)18-11(17-13)7-20-10-5-3-9(15)4-6-10/h3-6,8H,7H2,1-2H3,(H,17,18,19). The van der Waals surface area contributed by atoms with E-state index in [9.17, 15) is 0 Å². The van der Waals surface area contributed by atoms with Crippen molar-refractivity contribution >= 4 is 55.8 Å². The largest absolute Gasteiger partial charge is 0.345 e. The summed E-state index contributed by atoms with van der Waals surface area (Å²) in [4.78, 5) is 9.02. The van der Waals surface area contributed by atoms with Crippen molar-refractivity contribution in [2.75, 3.05) is 0 Å². The molecule has 0 atom stereocenters. The maximum absolute atomic E-state index is 5.30. The van der Waals surface area contributed by atoms with Gasteiger partial charge in [0.05, 0.1) is 10.2 Å². The summed E-state index contributed by atoms with van der Waals surface area (Å²) in [7, 11) is 0. The predicted molar refractivity (Wildman–Crippen MR) is 94.9 cm³/mol. The Balaban J connectivity index is 2.17. The minimum Gasteiger partial charge on any atom is -0.345 e. The van der Waals surface area contributed by atoms with Crippen molar-refractivity contribution in [1.82, 2.24) is 9.97 Å². The van der Waals surface area contributed by atoms with Crippen LogP contribution in [0.1, 0.15) is 31.3 Å². The zero-order valence-electron chi connectivity index (χ0n) is 11.1. The summed E-state index contributed by atoms with van der Waals surface area (Å²) >= 11 is 14.0. The van der Waals surface area contributed by atoms with Crippen molar-refractivity contribution in [3.05, 3.63) is 49.4 Å². The fourth-order valence-electron chi connectivity index (χ4n) is 1.67. The maximum Gasteiger partial charge on any atom is 0.144 e. The van der Waals surface area contributed by atoms with Gasteiger partial charge in [0.2, 0.25) is 0 Å². The van der Waals surface area contributed by atoms with Crippen LogP contribution in [0.25, 0.3) is 0 Å². The predicted octanol–water partition coefficient (Wildman–Crippen LogP) is 6.08. The van der Waals surface area contributed by atoms with Crippen LogP contribution in [0.4, 0.5) is 0 Å². The third-order valence-corrected chi connectivity index (χ3v) is 5.62. The Kier molecular flexibility index (Phi) is 5.84. The van der Waals surface area contributed by atoms with Crippen molar-refractivity contribution in [2.24, 2.45) is 0 Å². The number of thioether (sulfide) groups is 1. The number of hydrogen-bond acceptors (Lipinski definition) is 3. The van der Waals surface area contributed by atoms with Gasteiger partial charge in [0.1, 0.15) is 10.5 Å². The van der Waals surface area contributed by atoms with Crippen molar-refractivity contribution in [3.63, 3.8) is 0 Å². The molecular formula is C14H14Br2N2S2. The summed E-state index contributed by atoms with van der Waals surface area (Å²) in [5, 5.41) is 0. The molecular weight excluding hydrogens is 420 g/mol. The van der Waals surface area contributed by atoms with Gasteiger partial charge in [0, 0.05) is 15.1 Å². The zero-order chi connectivity index (χ0) is 14.7. The van der Waals surface area contributed by atoms with Gasteiger partial charge in [-0.1, -0.05) is 42.0 Å². The number of rotatable bonds is 4. The number of nitrogens with zero attached hydrogens (tertiary/aromatic N) is 1. The minimum absolute atomic E-state index is 0.380. The fraction of sp³-hybridized carbons (Fsp3) is 0.286. The molecule has 0 fully saturated rings. The van der Waals surface area contributed by atoms with E-state index in [0.717, 1.165) is 26.2 Å². The minimum atomic E-state index is 0.380. The highest BCUT2D eigenvalue weighted by molar-refractivity contribution is 9.10. The van der Waals surface area contributed by atoms with Gasteiger partial charge in [0.15, 0.2) is 0 Å². The van der Waals surface area contributed by atoms with E-state index in [-0.39, 0.29) is 0 Å².